The molecule has 1 aromatic rings. The first-order valence-electron chi connectivity index (χ1n) is 9.27. The van der Waals surface area contributed by atoms with Gasteiger partial charge in [0.2, 0.25) is 0 Å². The lowest BCUT2D eigenvalue weighted by atomic mass is 9.79. The second kappa shape index (κ2) is 14.8. The minimum Gasteiger partial charge on any atom is -0.480 e. The second-order valence-electron chi connectivity index (χ2n) is 6.24. The lowest BCUT2D eigenvalue weighted by molar-refractivity contribution is -0.160. The first-order chi connectivity index (χ1) is 15.8. The van der Waals surface area contributed by atoms with Crippen LogP contribution in [-0.2, 0) is 36.8 Å². The molecule has 2 rings (SSSR count). The van der Waals surface area contributed by atoms with Crippen molar-refractivity contribution in [1.82, 2.24) is 0 Å². The summed E-state index contributed by atoms with van der Waals surface area (Å²) >= 11 is 0. The van der Waals surface area contributed by atoms with Gasteiger partial charge in [-0.25, -0.2) is 9.13 Å². The van der Waals surface area contributed by atoms with E-state index in [0.29, 0.717) is 5.57 Å². The van der Waals surface area contributed by atoms with Crippen molar-refractivity contribution in [3.05, 3.63) is 65.8 Å². The summed E-state index contributed by atoms with van der Waals surface area (Å²) < 4.78 is 36.0. The van der Waals surface area contributed by atoms with Crippen LogP contribution in [0.2, 0.25) is 0 Å². The van der Waals surface area contributed by atoms with Gasteiger partial charge >= 0.3 is 27.6 Å². The molecular formula is C20H28O12P2. The highest BCUT2D eigenvalue weighted by Crippen LogP contribution is 2.40. The number of carboxylic acids is 2. The normalized spacial score (nSPS) is 14.8. The van der Waals surface area contributed by atoms with Crippen LogP contribution in [0.4, 0.5) is 0 Å². The number of carboxylic acid groups (broad SMARTS) is 2. The third-order valence-electron chi connectivity index (χ3n) is 4.12. The molecule has 14 heteroatoms. The fourth-order valence-electron chi connectivity index (χ4n) is 2.17. The molecule has 0 fully saturated rings. The first kappa shape index (κ1) is 31.6. The third kappa shape index (κ3) is 11.1. The molecule has 0 saturated heterocycles. The maximum atomic E-state index is 11.3. The lowest BCUT2D eigenvalue weighted by Crippen LogP contribution is -2.38. The van der Waals surface area contributed by atoms with Crippen molar-refractivity contribution in [3.63, 3.8) is 0 Å². The quantitative estimate of drug-likeness (QED) is 0.288. The Morgan fingerprint density at radius 2 is 1.29 bits per heavy atom. The summed E-state index contributed by atoms with van der Waals surface area (Å²) in [4.78, 5) is 39.0. The van der Waals surface area contributed by atoms with E-state index in [2.05, 4.69) is 18.1 Å². The van der Waals surface area contributed by atoms with E-state index in [9.17, 15) is 28.9 Å². The lowest BCUT2D eigenvalue weighted by Gasteiger charge is -2.22. The van der Waals surface area contributed by atoms with Crippen LogP contribution in [0.5, 0.6) is 0 Å². The maximum absolute atomic E-state index is 11.3. The van der Waals surface area contributed by atoms with Crippen LogP contribution in [0.1, 0.15) is 12.0 Å². The van der Waals surface area contributed by atoms with E-state index in [1.165, 1.54) is 6.08 Å². The fraction of sp³-hybridized carbons (Fsp3) is 0.300. The van der Waals surface area contributed by atoms with E-state index in [0.717, 1.165) is 34.0 Å². The molecule has 0 spiro atoms. The zero-order valence-electron chi connectivity index (χ0n) is 18.9. The standard InChI is InChI=1S/C16H14O4.2C2H7O4P/c17-14(18)16(15(19)20)10-4-7-13(11-16)9-8-12-5-2-1-3-6-12;2*1-5-7(3,4)6-2/h1-9,11H,10H2,(H,17,18)(H,19,20);2*1-2H3,(H,3,4). The van der Waals surface area contributed by atoms with Crippen molar-refractivity contribution in [2.45, 2.75) is 6.42 Å². The minimum atomic E-state index is -3.65. The smallest absolute Gasteiger partial charge is 0.471 e. The van der Waals surface area contributed by atoms with E-state index in [1.54, 1.807) is 18.2 Å². The van der Waals surface area contributed by atoms with Gasteiger partial charge in [-0.3, -0.25) is 27.7 Å². The van der Waals surface area contributed by atoms with Crippen LogP contribution in [0, 0.1) is 5.41 Å². The van der Waals surface area contributed by atoms with Crippen molar-refractivity contribution in [1.29, 1.82) is 0 Å². The summed E-state index contributed by atoms with van der Waals surface area (Å²) in [5.41, 5.74) is -0.334. The Labute approximate surface area is 197 Å². The van der Waals surface area contributed by atoms with Gasteiger partial charge in [-0.15, -0.1) is 0 Å². The van der Waals surface area contributed by atoms with Crippen LogP contribution < -0.4 is 0 Å². The van der Waals surface area contributed by atoms with Gasteiger partial charge in [0.15, 0.2) is 5.41 Å². The molecule has 0 unspecified atom stereocenters. The zero-order valence-corrected chi connectivity index (χ0v) is 20.7. The first-order valence-corrected chi connectivity index (χ1v) is 12.3. The molecule has 12 nitrogen and oxygen atoms in total. The van der Waals surface area contributed by atoms with Crippen molar-refractivity contribution in [2.24, 2.45) is 5.41 Å². The highest BCUT2D eigenvalue weighted by molar-refractivity contribution is 7.47. The van der Waals surface area contributed by atoms with E-state index in [1.807, 2.05) is 36.4 Å². The van der Waals surface area contributed by atoms with Crippen molar-refractivity contribution in [2.75, 3.05) is 28.4 Å². The SMILES string of the molecule is COP(=O)(O)OC.COP(=O)(O)OC.O=C(O)C1(C(=O)O)C=C(C=Cc2ccccc2)C=CC1. The van der Waals surface area contributed by atoms with Gasteiger partial charge in [-0.1, -0.05) is 54.6 Å². The molecule has 0 saturated carbocycles. The number of benzene rings is 1. The predicted molar refractivity (Wildman–Crippen MR) is 123 cm³/mol. The number of allylic oxidation sites excluding steroid dienone is 4. The van der Waals surface area contributed by atoms with E-state index >= 15 is 0 Å². The molecule has 1 aliphatic carbocycles. The minimum absolute atomic E-state index is 0.0413. The molecule has 0 heterocycles. The fourth-order valence-corrected chi connectivity index (χ4v) is 2.47. The molecule has 1 aliphatic rings. The summed E-state index contributed by atoms with van der Waals surface area (Å²) in [7, 11) is -2.90. The Bertz CT molecular complexity index is 931. The largest absolute Gasteiger partial charge is 0.480 e. The Hall–Kier alpha value is -2.40. The number of rotatable bonds is 8. The van der Waals surface area contributed by atoms with Crippen LogP contribution >= 0.6 is 15.6 Å². The molecule has 4 N–H and O–H groups in total. The summed E-state index contributed by atoms with van der Waals surface area (Å²) in [5.74, 6) is -2.69. The molecule has 34 heavy (non-hydrogen) atoms. The number of hydrogen-bond donors (Lipinski definition) is 4. The van der Waals surface area contributed by atoms with Crippen LogP contribution in [0.3, 0.4) is 0 Å². The van der Waals surface area contributed by atoms with E-state index in [4.69, 9.17) is 9.79 Å². The molecule has 0 aliphatic heterocycles. The van der Waals surface area contributed by atoms with Gasteiger partial charge in [-0.05, 0) is 23.6 Å². The Kier molecular flexibility index (Phi) is 13.7. The van der Waals surface area contributed by atoms with Gasteiger partial charge in [0.25, 0.3) is 0 Å². The van der Waals surface area contributed by atoms with Gasteiger partial charge in [0.05, 0.1) is 0 Å². The topological polar surface area (TPSA) is 186 Å². The molecule has 0 aromatic heterocycles. The number of phosphoric ester groups is 2. The molecular weight excluding hydrogens is 494 g/mol. The number of phosphoric acid groups is 2. The highest BCUT2D eigenvalue weighted by Gasteiger charge is 2.44. The van der Waals surface area contributed by atoms with Crippen molar-refractivity contribution in [3.8, 4) is 0 Å². The van der Waals surface area contributed by atoms with Gasteiger partial charge in [0.1, 0.15) is 0 Å². The van der Waals surface area contributed by atoms with Gasteiger partial charge in [-0.2, -0.15) is 0 Å². The summed E-state index contributed by atoms with van der Waals surface area (Å²) in [5, 5.41) is 18.4. The molecule has 1 aromatic carbocycles. The predicted octanol–water partition coefficient (Wildman–Crippen LogP) is 3.50. The second-order valence-corrected chi connectivity index (χ2v) is 9.58. The Balaban J connectivity index is 0.000000642. The van der Waals surface area contributed by atoms with E-state index in [-0.39, 0.29) is 6.42 Å². The number of carbonyl (C=O) groups is 2. The molecule has 0 atom stereocenters. The summed E-state index contributed by atoms with van der Waals surface area (Å²) in [6.07, 6.45) is 8.08. The molecule has 0 amide bonds. The van der Waals surface area contributed by atoms with Crippen molar-refractivity contribution < 1.29 is 56.8 Å². The van der Waals surface area contributed by atoms with Gasteiger partial charge in [0, 0.05) is 28.4 Å². The van der Waals surface area contributed by atoms with Crippen LogP contribution in [0.25, 0.3) is 6.08 Å². The average Bonchev–Trinajstić information content (AvgIpc) is 2.84. The summed E-state index contributed by atoms with van der Waals surface area (Å²) in [6, 6.07) is 9.50. The third-order valence-corrected chi connectivity index (χ3v) is 5.96. The van der Waals surface area contributed by atoms with Crippen LogP contribution in [-0.4, -0.2) is 60.4 Å². The van der Waals surface area contributed by atoms with E-state index < -0.39 is 33.0 Å². The Morgan fingerprint density at radius 3 is 1.65 bits per heavy atom. The zero-order chi connectivity index (χ0) is 26.4. The highest BCUT2D eigenvalue weighted by atomic mass is 31.2. The molecule has 0 bridgehead atoms. The average molecular weight is 522 g/mol. The maximum Gasteiger partial charge on any atom is 0.471 e. The summed E-state index contributed by atoms with van der Waals surface area (Å²) in [6.45, 7) is 0. The van der Waals surface area contributed by atoms with Crippen molar-refractivity contribution >= 4 is 33.7 Å². The number of aliphatic carboxylic acids is 2. The van der Waals surface area contributed by atoms with Gasteiger partial charge < -0.3 is 20.0 Å². The Morgan fingerprint density at radius 1 is 0.853 bits per heavy atom. The number of hydrogen-bond acceptors (Lipinski definition) is 8. The molecule has 190 valence electrons. The monoisotopic (exact) mass is 522 g/mol. The molecule has 0 radical (unpaired) electrons. The van der Waals surface area contributed by atoms with Crippen LogP contribution in [0.15, 0.2) is 60.2 Å².